The van der Waals surface area contributed by atoms with Crippen molar-refractivity contribution in [2.24, 2.45) is 17.8 Å². The van der Waals surface area contributed by atoms with Gasteiger partial charge in [-0.25, -0.2) is 9.13 Å². The summed E-state index contributed by atoms with van der Waals surface area (Å²) in [5.74, 6) is 0.209. The predicted molar refractivity (Wildman–Crippen MR) is 386 cm³/mol. The number of rotatable bonds is 74. The number of aliphatic hydroxyl groups is 1. The molecule has 0 saturated carbocycles. The van der Waals surface area contributed by atoms with E-state index in [1.165, 1.54) is 199 Å². The van der Waals surface area contributed by atoms with Gasteiger partial charge in [0.1, 0.15) is 19.3 Å². The summed E-state index contributed by atoms with van der Waals surface area (Å²) in [4.78, 5) is 72.8. The lowest BCUT2D eigenvalue weighted by Crippen LogP contribution is -2.30. The lowest BCUT2D eigenvalue weighted by Gasteiger charge is -2.21. The predicted octanol–water partition coefficient (Wildman–Crippen LogP) is 22.2. The number of aliphatic hydroxyl groups excluding tert-OH is 1. The highest BCUT2D eigenvalue weighted by molar-refractivity contribution is 7.47. The van der Waals surface area contributed by atoms with Gasteiger partial charge in [0.05, 0.1) is 26.4 Å². The Labute approximate surface area is 581 Å². The first kappa shape index (κ1) is 93.1. The first-order valence-electron chi connectivity index (χ1n) is 39.3. The summed E-state index contributed by atoms with van der Waals surface area (Å²) < 4.78 is 68.5. The first-order valence-corrected chi connectivity index (χ1v) is 42.3. The third-order valence-corrected chi connectivity index (χ3v) is 19.5. The molecule has 0 aromatic rings. The van der Waals surface area contributed by atoms with Crippen molar-refractivity contribution in [3.8, 4) is 0 Å². The fourth-order valence-electron chi connectivity index (χ4n) is 11.6. The van der Waals surface area contributed by atoms with Crippen LogP contribution in [0.25, 0.3) is 0 Å². The van der Waals surface area contributed by atoms with E-state index in [1.807, 2.05) is 0 Å². The lowest BCUT2D eigenvalue weighted by atomic mass is 10.0. The first-order chi connectivity index (χ1) is 45.7. The summed E-state index contributed by atoms with van der Waals surface area (Å²) in [6.07, 6.45) is 52.6. The molecular formula is C76H148O17P2. The van der Waals surface area contributed by atoms with Crippen molar-refractivity contribution < 1.29 is 80.2 Å². The highest BCUT2D eigenvalue weighted by Gasteiger charge is 2.30. The Bertz CT molecular complexity index is 1850. The fourth-order valence-corrected chi connectivity index (χ4v) is 13.2. The second kappa shape index (κ2) is 66.6. The van der Waals surface area contributed by atoms with E-state index in [4.69, 9.17) is 37.0 Å². The van der Waals surface area contributed by atoms with Gasteiger partial charge < -0.3 is 33.8 Å². The standard InChI is InChI=1S/C76H148O17P2/c1-8-9-10-11-12-13-29-36-43-50-57-73(78)86-63-71(93-76(81)60-53-46-39-32-25-24-28-35-42-49-56-69(6)7)65-90-94(82,83)88-61-70(77)62-89-95(84,85)91-66-72(64-87-74(79)58-51-44-37-30-23-19-21-27-34-41-48-55-68(4)5)92-75(80)59-52-45-38-31-22-18-16-14-15-17-20-26-33-40-47-54-67(2)3/h67-72,77H,8-66H2,1-7H3,(H,82,83)(H,84,85)/t70-,71+,72+/m0/s1. The number of carbonyl (C=O) groups excluding carboxylic acids is 4. The summed E-state index contributed by atoms with van der Waals surface area (Å²) in [6.45, 7) is 11.9. The van der Waals surface area contributed by atoms with Crippen molar-refractivity contribution in [2.75, 3.05) is 39.6 Å². The molecule has 0 rings (SSSR count). The molecule has 17 nitrogen and oxygen atoms in total. The second-order valence-corrected chi connectivity index (χ2v) is 31.7. The molecule has 0 amide bonds. The minimum Gasteiger partial charge on any atom is -0.462 e. The average Bonchev–Trinajstić information content (AvgIpc) is 1.47. The molecule has 5 atom stereocenters. The van der Waals surface area contributed by atoms with Gasteiger partial charge in [-0.15, -0.1) is 0 Å². The number of esters is 4. The van der Waals surface area contributed by atoms with Gasteiger partial charge >= 0.3 is 39.5 Å². The van der Waals surface area contributed by atoms with Crippen LogP contribution in [0, 0.1) is 17.8 Å². The second-order valence-electron chi connectivity index (χ2n) is 28.8. The van der Waals surface area contributed by atoms with Crippen molar-refractivity contribution in [3.05, 3.63) is 0 Å². The van der Waals surface area contributed by atoms with E-state index < -0.39 is 97.5 Å². The molecule has 0 saturated heterocycles. The molecule has 0 aromatic heterocycles. The summed E-state index contributed by atoms with van der Waals surface area (Å²) in [6, 6.07) is 0. The molecule has 564 valence electrons. The SMILES string of the molecule is CCCCCCCCCCCCC(=O)OC[C@H](COP(=O)(O)OC[C@H](O)COP(=O)(O)OC[C@@H](COC(=O)CCCCCCCCCCCCCC(C)C)OC(=O)CCCCCCCCCCCCCCCCCC(C)C)OC(=O)CCCCCCCCCCCCC(C)C. The average molecular weight is 1400 g/mol. The molecule has 0 aliphatic rings. The summed E-state index contributed by atoms with van der Waals surface area (Å²) >= 11 is 0. The fraction of sp³-hybridized carbons (Fsp3) is 0.947. The summed E-state index contributed by atoms with van der Waals surface area (Å²) in [7, 11) is -9.91. The van der Waals surface area contributed by atoms with Crippen LogP contribution in [0.4, 0.5) is 0 Å². The molecule has 0 aromatic carbocycles. The van der Waals surface area contributed by atoms with Crippen molar-refractivity contribution in [3.63, 3.8) is 0 Å². The van der Waals surface area contributed by atoms with Crippen molar-refractivity contribution in [1.29, 1.82) is 0 Å². The Morgan fingerprint density at radius 1 is 0.284 bits per heavy atom. The topological polar surface area (TPSA) is 237 Å². The molecule has 95 heavy (non-hydrogen) atoms. The molecule has 0 bridgehead atoms. The van der Waals surface area contributed by atoms with Crippen LogP contribution >= 0.6 is 15.6 Å². The zero-order chi connectivity index (χ0) is 70.1. The van der Waals surface area contributed by atoms with Gasteiger partial charge in [0.15, 0.2) is 12.2 Å². The Morgan fingerprint density at radius 3 is 0.716 bits per heavy atom. The van der Waals surface area contributed by atoms with Crippen LogP contribution in [0.3, 0.4) is 0 Å². The molecule has 0 heterocycles. The molecule has 0 aliphatic carbocycles. The van der Waals surface area contributed by atoms with E-state index >= 15 is 0 Å². The number of phosphoric acid groups is 2. The van der Waals surface area contributed by atoms with Gasteiger partial charge in [-0.3, -0.25) is 37.3 Å². The van der Waals surface area contributed by atoms with E-state index in [0.717, 1.165) is 108 Å². The van der Waals surface area contributed by atoms with Crippen LogP contribution in [0.2, 0.25) is 0 Å². The molecule has 0 radical (unpaired) electrons. The molecule has 3 N–H and O–H groups in total. The minimum absolute atomic E-state index is 0.106. The minimum atomic E-state index is -4.96. The van der Waals surface area contributed by atoms with Crippen LogP contribution in [-0.4, -0.2) is 96.7 Å². The van der Waals surface area contributed by atoms with E-state index in [0.29, 0.717) is 25.7 Å². The molecule has 0 spiro atoms. The van der Waals surface area contributed by atoms with Gasteiger partial charge in [-0.2, -0.15) is 0 Å². The highest BCUT2D eigenvalue weighted by atomic mass is 31.2. The van der Waals surface area contributed by atoms with Gasteiger partial charge in [-0.05, 0) is 43.4 Å². The maximum absolute atomic E-state index is 13.1. The smallest absolute Gasteiger partial charge is 0.462 e. The van der Waals surface area contributed by atoms with Crippen LogP contribution in [0.1, 0.15) is 389 Å². The Kier molecular flexibility index (Phi) is 65.2. The summed E-state index contributed by atoms with van der Waals surface area (Å²) in [5, 5.41) is 10.6. The zero-order valence-corrected chi connectivity index (χ0v) is 63.9. The van der Waals surface area contributed by atoms with Crippen molar-refractivity contribution >= 4 is 39.5 Å². The molecule has 0 aliphatic heterocycles. The quantitative estimate of drug-likeness (QED) is 0.0222. The van der Waals surface area contributed by atoms with Gasteiger partial charge in [0.25, 0.3) is 0 Å². The number of hydrogen-bond donors (Lipinski definition) is 3. The lowest BCUT2D eigenvalue weighted by molar-refractivity contribution is -0.161. The highest BCUT2D eigenvalue weighted by Crippen LogP contribution is 2.45. The Balaban J connectivity index is 5.24. The largest absolute Gasteiger partial charge is 0.472 e. The van der Waals surface area contributed by atoms with Crippen LogP contribution in [0.5, 0.6) is 0 Å². The Hall–Kier alpha value is -1.94. The third kappa shape index (κ3) is 70.3. The van der Waals surface area contributed by atoms with Crippen LogP contribution in [0.15, 0.2) is 0 Å². The number of carbonyl (C=O) groups is 4. The number of unbranched alkanes of at least 4 members (excludes halogenated alkanes) is 42. The summed E-state index contributed by atoms with van der Waals surface area (Å²) in [5.41, 5.74) is 0. The molecular weight excluding hydrogens is 1250 g/mol. The van der Waals surface area contributed by atoms with E-state index in [2.05, 4.69) is 48.5 Å². The molecule has 2 unspecified atom stereocenters. The van der Waals surface area contributed by atoms with Crippen molar-refractivity contribution in [1.82, 2.24) is 0 Å². The van der Waals surface area contributed by atoms with E-state index in [-0.39, 0.29) is 25.7 Å². The number of ether oxygens (including phenoxy) is 4. The third-order valence-electron chi connectivity index (χ3n) is 17.6. The maximum atomic E-state index is 13.1. The van der Waals surface area contributed by atoms with Gasteiger partial charge in [0.2, 0.25) is 0 Å². The number of hydrogen-bond acceptors (Lipinski definition) is 15. The monoisotopic (exact) mass is 1400 g/mol. The van der Waals surface area contributed by atoms with Gasteiger partial charge in [-0.1, -0.05) is 337 Å². The van der Waals surface area contributed by atoms with E-state index in [1.54, 1.807) is 0 Å². The van der Waals surface area contributed by atoms with Gasteiger partial charge in [0, 0.05) is 25.7 Å². The molecule has 19 heteroatoms. The van der Waals surface area contributed by atoms with E-state index in [9.17, 15) is 43.2 Å². The zero-order valence-electron chi connectivity index (χ0n) is 62.1. The van der Waals surface area contributed by atoms with Crippen LogP contribution < -0.4 is 0 Å². The normalized spacial score (nSPS) is 14.1. The van der Waals surface area contributed by atoms with Crippen LogP contribution in [-0.2, 0) is 65.4 Å². The Morgan fingerprint density at radius 2 is 0.484 bits per heavy atom. The molecule has 0 fully saturated rings. The maximum Gasteiger partial charge on any atom is 0.472 e. The number of phosphoric ester groups is 2. The van der Waals surface area contributed by atoms with Crippen molar-refractivity contribution in [2.45, 2.75) is 407 Å².